The first-order chi connectivity index (χ1) is 9.31. The van der Waals surface area contributed by atoms with Crippen molar-refractivity contribution in [1.82, 2.24) is 0 Å². The fraction of sp³-hybridized carbons (Fsp3) is 0.588. The molecule has 2 saturated carbocycles. The molecule has 3 rings (SSSR count). The lowest BCUT2D eigenvalue weighted by atomic mass is 9.97. The molecule has 19 heavy (non-hydrogen) atoms. The quantitative estimate of drug-likeness (QED) is 0.708. The lowest BCUT2D eigenvalue weighted by Gasteiger charge is -2.08. The third-order valence-corrected chi connectivity index (χ3v) is 4.26. The number of hydrogen-bond donors (Lipinski definition) is 0. The van der Waals surface area contributed by atoms with Gasteiger partial charge in [0.1, 0.15) is 5.75 Å². The molecular weight excluding hydrogens is 236 g/mol. The van der Waals surface area contributed by atoms with Gasteiger partial charge >= 0.3 is 0 Å². The molecule has 2 heteroatoms. The lowest BCUT2D eigenvalue weighted by Crippen LogP contribution is -2.03. The Balaban J connectivity index is 1.50. The molecule has 0 unspecified atom stereocenters. The molecule has 102 valence electrons. The number of rotatable bonds is 6. The Hall–Kier alpha value is -1.31. The Morgan fingerprint density at radius 1 is 1.05 bits per heavy atom. The van der Waals surface area contributed by atoms with Crippen LogP contribution in [0.4, 0.5) is 0 Å². The summed E-state index contributed by atoms with van der Waals surface area (Å²) in [7, 11) is 0. The summed E-state index contributed by atoms with van der Waals surface area (Å²) >= 11 is 0. The molecule has 2 nitrogen and oxygen atoms in total. The molecule has 1 aromatic carbocycles. The maximum absolute atomic E-state index is 12.1. The molecule has 0 aliphatic heterocycles. The van der Waals surface area contributed by atoms with Gasteiger partial charge in [0, 0.05) is 12.0 Å². The van der Waals surface area contributed by atoms with E-state index in [1.165, 1.54) is 38.5 Å². The second-order valence-electron chi connectivity index (χ2n) is 5.95. The molecule has 1 aromatic rings. The Bertz CT molecular complexity index is 425. The van der Waals surface area contributed by atoms with Crippen LogP contribution in [0.3, 0.4) is 0 Å². The van der Waals surface area contributed by atoms with Crippen molar-refractivity contribution < 1.29 is 9.53 Å². The average molecular weight is 258 g/mol. The minimum atomic E-state index is 0.282. The van der Waals surface area contributed by atoms with Crippen LogP contribution in [0.15, 0.2) is 24.3 Å². The molecule has 2 aliphatic rings. The van der Waals surface area contributed by atoms with Gasteiger partial charge in [0.05, 0.1) is 6.10 Å². The number of ether oxygens (including phenoxy) is 1. The summed E-state index contributed by atoms with van der Waals surface area (Å²) in [5.74, 6) is 1.97. The van der Waals surface area contributed by atoms with Crippen LogP contribution in [0.25, 0.3) is 0 Å². The number of carbonyl (C=O) groups excluding carboxylic acids is 1. The highest BCUT2D eigenvalue weighted by molar-refractivity contribution is 5.96. The maximum atomic E-state index is 12.1. The van der Waals surface area contributed by atoms with Crippen LogP contribution in [-0.2, 0) is 0 Å². The van der Waals surface area contributed by atoms with Crippen LogP contribution in [0.5, 0.6) is 5.75 Å². The van der Waals surface area contributed by atoms with Crippen molar-refractivity contribution in [1.29, 1.82) is 0 Å². The Kier molecular flexibility index (Phi) is 3.86. The van der Waals surface area contributed by atoms with Crippen LogP contribution in [-0.4, -0.2) is 11.9 Å². The van der Waals surface area contributed by atoms with Gasteiger partial charge in [-0.05, 0) is 49.4 Å². The van der Waals surface area contributed by atoms with Crippen LogP contribution in [0.1, 0.15) is 61.7 Å². The topological polar surface area (TPSA) is 26.3 Å². The van der Waals surface area contributed by atoms with E-state index in [9.17, 15) is 4.79 Å². The normalized spacial score (nSPS) is 19.6. The Morgan fingerprint density at radius 2 is 1.74 bits per heavy atom. The van der Waals surface area contributed by atoms with Crippen molar-refractivity contribution in [3.63, 3.8) is 0 Å². The number of Topliss-reactive ketones (excluding diaryl/α,β-unsaturated/α-hetero) is 1. The third kappa shape index (κ3) is 3.59. The first kappa shape index (κ1) is 12.7. The summed E-state index contributed by atoms with van der Waals surface area (Å²) in [6.45, 7) is 0. The summed E-state index contributed by atoms with van der Waals surface area (Å²) in [5, 5.41) is 0. The first-order valence-corrected chi connectivity index (χ1v) is 7.61. The molecule has 0 saturated heterocycles. The third-order valence-electron chi connectivity index (χ3n) is 4.26. The predicted molar refractivity (Wildman–Crippen MR) is 75.6 cm³/mol. The number of carbonyl (C=O) groups is 1. The van der Waals surface area contributed by atoms with E-state index in [4.69, 9.17) is 4.74 Å². The standard InChI is InChI=1S/C17H22O2/c18-17(12-5-13-3-1-2-4-13)14-6-8-15(9-7-14)19-16-10-11-16/h6-9,13,16H,1-5,10-12H2. The molecule has 2 fully saturated rings. The Labute approximate surface area is 115 Å². The first-order valence-electron chi connectivity index (χ1n) is 7.61. The largest absolute Gasteiger partial charge is 0.490 e. The van der Waals surface area contributed by atoms with Crippen molar-refractivity contribution >= 4 is 5.78 Å². The number of hydrogen-bond acceptors (Lipinski definition) is 2. The monoisotopic (exact) mass is 258 g/mol. The van der Waals surface area contributed by atoms with Gasteiger partial charge in [0.15, 0.2) is 5.78 Å². The molecule has 0 bridgehead atoms. The van der Waals surface area contributed by atoms with Gasteiger partial charge < -0.3 is 4.74 Å². The van der Waals surface area contributed by atoms with E-state index in [1.807, 2.05) is 24.3 Å². The zero-order chi connectivity index (χ0) is 13.1. The summed E-state index contributed by atoms with van der Waals surface area (Å²) in [5.41, 5.74) is 0.834. The second kappa shape index (κ2) is 5.77. The molecule has 0 heterocycles. The van der Waals surface area contributed by atoms with Crippen LogP contribution < -0.4 is 4.74 Å². The molecule has 0 amide bonds. The Morgan fingerprint density at radius 3 is 2.37 bits per heavy atom. The smallest absolute Gasteiger partial charge is 0.162 e. The molecule has 0 aromatic heterocycles. The summed E-state index contributed by atoms with van der Waals surface area (Å²) in [4.78, 5) is 12.1. The minimum Gasteiger partial charge on any atom is -0.490 e. The zero-order valence-electron chi connectivity index (χ0n) is 11.4. The van der Waals surface area contributed by atoms with Gasteiger partial charge in [-0.2, -0.15) is 0 Å². The van der Waals surface area contributed by atoms with Gasteiger partial charge in [-0.25, -0.2) is 0 Å². The number of ketones is 1. The maximum Gasteiger partial charge on any atom is 0.162 e. The predicted octanol–water partition coefficient (Wildman–Crippen LogP) is 4.38. The van der Waals surface area contributed by atoms with Gasteiger partial charge in [-0.15, -0.1) is 0 Å². The SMILES string of the molecule is O=C(CCC1CCCC1)c1ccc(OC2CC2)cc1. The van der Waals surface area contributed by atoms with Crippen molar-refractivity contribution in [3.05, 3.63) is 29.8 Å². The van der Waals surface area contributed by atoms with Crippen LogP contribution in [0.2, 0.25) is 0 Å². The molecule has 0 spiro atoms. The molecule has 0 atom stereocenters. The highest BCUT2D eigenvalue weighted by Gasteiger charge is 2.23. The van der Waals surface area contributed by atoms with Crippen LogP contribution >= 0.6 is 0 Å². The van der Waals surface area contributed by atoms with E-state index in [0.29, 0.717) is 12.5 Å². The fourth-order valence-electron chi connectivity index (χ4n) is 2.88. The van der Waals surface area contributed by atoms with Crippen molar-refractivity contribution in [2.75, 3.05) is 0 Å². The molecule has 0 radical (unpaired) electrons. The number of benzene rings is 1. The van der Waals surface area contributed by atoms with Gasteiger partial charge in [0.25, 0.3) is 0 Å². The van der Waals surface area contributed by atoms with E-state index in [1.54, 1.807) is 0 Å². The molecule has 0 N–H and O–H groups in total. The van der Waals surface area contributed by atoms with Gasteiger partial charge in [-0.3, -0.25) is 4.79 Å². The molecular formula is C17H22O2. The lowest BCUT2D eigenvalue weighted by molar-refractivity contribution is 0.0974. The fourth-order valence-corrected chi connectivity index (χ4v) is 2.88. The highest BCUT2D eigenvalue weighted by atomic mass is 16.5. The van der Waals surface area contributed by atoms with E-state index in [2.05, 4.69) is 0 Å². The zero-order valence-corrected chi connectivity index (χ0v) is 11.4. The van der Waals surface area contributed by atoms with E-state index >= 15 is 0 Å². The van der Waals surface area contributed by atoms with Crippen molar-refractivity contribution in [3.8, 4) is 5.75 Å². The van der Waals surface area contributed by atoms with E-state index in [-0.39, 0.29) is 5.78 Å². The van der Waals surface area contributed by atoms with Crippen molar-refractivity contribution in [2.45, 2.75) is 57.5 Å². The van der Waals surface area contributed by atoms with E-state index in [0.717, 1.165) is 23.7 Å². The van der Waals surface area contributed by atoms with Crippen molar-refractivity contribution in [2.24, 2.45) is 5.92 Å². The van der Waals surface area contributed by atoms with Crippen LogP contribution in [0, 0.1) is 5.92 Å². The summed E-state index contributed by atoms with van der Waals surface area (Å²) in [6.07, 6.45) is 9.88. The molecule has 2 aliphatic carbocycles. The second-order valence-corrected chi connectivity index (χ2v) is 5.95. The van der Waals surface area contributed by atoms with Gasteiger partial charge in [-0.1, -0.05) is 25.7 Å². The summed E-state index contributed by atoms with van der Waals surface area (Å²) in [6, 6.07) is 7.69. The van der Waals surface area contributed by atoms with Gasteiger partial charge in [0.2, 0.25) is 0 Å². The minimum absolute atomic E-state index is 0.282. The average Bonchev–Trinajstić information content (AvgIpc) is 3.09. The van der Waals surface area contributed by atoms with E-state index < -0.39 is 0 Å². The highest BCUT2D eigenvalue weighted by Crippen LogP contribution is 2.29. The summed E-state index contributed by atoms with van der Waals surface area (Å²) < 4.78 is 5.69.